The van der Waals surface area contributed by atoms with Crippen molar-refractivity contribution in [3.63, 3.8) is 0 Å². The zero-order chi connectivity index (χ0) is 18.2. The molecule has 0 aliphatic carbocycles. The highest BCUT2D eigenvalue weighted by Crippen LogP contribution is 2.04. The number of esters is 2. The second kappa shape index (κ2) is 14.5. The first-order valence-electron chi connectivity index (χ1n) is 8.42. The number of rotatable bonds is 11. The SMILES string of the molecule is CCOC(=O)C(=O)NCCCCCCCCNC(=O)C(=O)OCC. The average Bonchev–Trinajstić information content (AvgIpc) is 2.56. The van der Waals surface area contributed by atoms with E-state index in [1.807, 2.05) is 0 Å². The minimum atomic E-state index is -0.845. The molecule has 2 amide bonds. The van der Waals surface area contributed by atoms with E-state index in [0.717, 1.165) is 38.5 Å². The van der Waals surface area contributed by atoms with Gasteiger partial charge in [0.25, 0.3) is 0 Å². The number of nitrogens with one attached hydrogen (secondary N) is 2. The zero-order valence-corrected chi connectivity index (χ0v) is 14.5. The number of amides is 2. The number of ether oxygens (including phenoxy) is 2. The lowest BCUT2D eigenvalue weighted by molar-refractivity contribution is -0.154. The topological polar surface area (TPSA) is 111 Å². The molecule has 0 bridgehead atoms. The fourth-order valence-corrected chi connectivity index (χ4v) is 1.90. The van der Waals surface area contributed by atoms with Crippen molar-refractivity contribution in [1.82, 2.24) is 10.6 Å². The van der Waals surface area contributed by atoms with Crippen LogP contribution in [0.25, 0.3) is 0 Å². The van der Waals surface area contributed by atoms with Crippen LogP contribution in [-0.2, 0) is 28.7 Å². The van der Waals surface area contributed by atoms with Crippen molar-refractivity contribution in [3.05, 3.63) is 0 Å². The summed E-state index contributed by atoms with van der Waals surface area (Å²) in [4.78, 5) is 44.5. The van der Waals surface area contributed by atoms with Crippen LogP contribution in [0.1, 0.15) is 52.4 Å². The second-order valence-corrected chi connectivity index (χ2v) is 5.07. The first kappa shape index (κ1) is 21.9. The molecule has 0 heterocycles. The third-order valence-electron chi connectivity index (χ3n) is 3.10. The van der Waals surface area contributed by atoms with Crippen LogP contribution in [0.2, 0.25) is 0 Å². The van der Waals surface area contributed by atoms with Crippen LogP contribution >= 0.6 is 0 Å². The number of unbranched alkanes of at least 4 members (excludes halogenated alkanes) is 5. The van der Waals surface area contributed by atoms with Crippen LogP contribution in [0.4, 0.5) is 0 Å². The zero-order valence-electron chi connectivity index (χ0n) is 14.5. The van der Waals surface area contributed by atoms with E-state index in [1.165, 1.54) is 0 Å². The Morgan fingerprint density at radius 3 is 1.29 bits per heavy atom. The highest BCUT2D eigenvalue weighted by atomic mass is 16.5. The Labute approximate surface area is 142 Å². The lowest BCUT2D eigenvalue weighted by atomic mass is 10.1. The standard InChI is InChI=1S/C16H28N2O6/c1-3-23-15(21)13(19)17-11-9-7-5-6-8-10-12-18-14(20)16(22)24-4-2/h3-12H2,1-2H3,(H,17,19)(H,18,20). The normalized spacial score (nSPS) is 9.92. The Morgan fingerprint density at radius 2 is 0.958 bits per heavy atom. The largest absolute Gasteiger partial charge is 0.459 e. The molecule has 8 nitrogen and oxygen atoms in total. The number of hydrogen-bond donors (Lipinski definition) is 2. The molecule has 0 aliphatic heterocycles. The molecule has 0 aromatic carbocycles. The van der Waals surface area contributed by atoms with Crippen molar-refractivity contribution in [2.24, 2.45) is 0 Å². The van der Waals surface area contributed by atoms with Crippen LogP contribution in [0, 0.1) is 0 Å². The molecule has 0 aliphatic rings. The highest BCUT2D eigenvalue weighted by Gasteiger charge is 2.13. The van der Waals surface area contributed by atoms with E-state index >= 15 is 0 Å². The maximum atomic E-state index is 11.2. The van der Waals surface area contributed by atoms with E-state index < -0.39 is 23.8 Å². The molecular weight excluding hydrogens is 316 g/mol. The molecule has 138 valence electrons. The predicted molar refractivity (Wildman–Crippen MR) is 87.0 cm³/mol. The smallest absolute Gasteiger partial charge is 0.396 e. The third-order valence-corrected chi connectivity index (χ3v) is 3.10. The van der Waals surface area contributed by atoms with Gasteiger partial charge in [0.15, 0.2) is 0 Å². The molecule has 0 saturated carbocycles. The van der Waals surface area contributed by atoms with E-state index in [-0.39, 0.29) is 13.2 Å². The molecule has 0 unspecified atom stereocenters. The first-order valence-corrected chi connectivity index (χ1v) is 8.42. The van der Waals surface area contributed by atoms with Gasteiger partial charge >= 0.3 is 23.8 Å². The van der Waals surface area contributed by atoms with Gasteiger partial charge in [0.05, 0.1) is 13.2 Å². The number of carbonyl (C=O) groups excluding carboxylic acids is 4. The summed E-state index contributed by atoms with van der Waals surface area (Å²) in [5, 5.41) is 5.01. The molecule has 2 N–H and O–H groups in total. The fourth-order valence-electron chi connectivity index (χ4n) is 1.90. The van der Waals surface area contributed by atoms with Gasteiger partial charge in [0, 0.05) is 13.1 Å². The van der Waals surface area contributed by atoms with Crippen LogP contribution in [0.5, 0.6) is 0 Å². The summed E-state index contributed by atoms with van der Waals surface area (Å²) in [6, 6.07) is 0. The van der Waals surface area contributed by atoms with E-state index in [4.69, 9.17) is 0 Å². The molecule has 0 aromatic heterocycles. The fraction of sp³-hybridized carbons (Fsp3) is 0.750. The van der Waals surface area contributed by atoms with E-state index in [9.17, 15) is 19.2 Å². The Bertz CT molecular complexity index is 373. The van der Waals surface area contributed by atoms with Crippen molar-refractivity contribution >= 4 is 23.8 Å². The summed E-state index contributed by atoms with van der Waals surface area (Å²) >= 11 is 0. The summed E-state index contributed by atoms with van der Waals surface area (Å²) in [6.07, 6.45) is 5.48. The van der Waals surface area contributed by atoms with Crippen LogP contribution in [0.15, 0.2) is 0 Å². The summed E-state index contributed by atoms with van der Waals surface area (Å²) in [5.41, 5.74) is 0. The number of hydrogen-bond acceptors (Lipinski definition) is 6. The first-order chi connectivity index (χ1) is 11.5. The molecular formula is C16H28N2O6. The summed E-state index contributed by atoms with van der Waals surface area (Å²) in [7, 11) is 0. The molecule has 0 radical (unpaired) electrons. The lowest BCUT2D eigenvalue weighted by Crippen LogP contribution is -2.33. The molecule has 0 spiro atoms. The van der Waals surface area contributed by atoms with Gasteiger partial charge in [-0.2, -0.15) is 0 Å². The van der Waals surface area contributed by atoms with E-state index in [2.05, 4.69) is 20.1 Å². The van der Waals surface area contributed by atoms with Crippen molar-refractivity contribution in [1.29, 1.82) is 0 Å². The number of carbonyl (C=O) groups is 4. The van der Waals surface area contributed by atoms with Crippen molar-refractivity contribution in [2.45, 2.75) is 52.4 Å². The predicted octanol–water partition coefficient (Wildman–Crippen LogP) is 0.686. The van der Waals surface area contributed by atoms with Gasteiger partial charge in [-0.1, -0.05) is 25.7 Å². The maximum absolute atomic E-state index is 11.2. The molecule has 0 saturated heterocycles. The van der Waals surface area contributed by atoms with E-state index in [0.29, 0.717) is 13.1 Å². The molecule has 24 heavy (non-hydrogen) atoms. The van der Waals surface area contributed by atoms with Gasteiger partial charge in [0.1, 0.15) is 0 Å². The van der Waals surface area contributed by atoms with Crippen LogP contribution in [0.3, 0.4) is 0 Å². The minimum absolute atomic E-state index is 0.187. The summed E-state index contributed by atoms with van der Waals surface area (Å²) in [6.45, 7) is 4.57. The molecule has 8 heteroatoms. The lowest BCUT2D eigenvalue weighted by Gasteiger charge is -2.05. The molecule has 0 atom stereocenters. The Kier molecular flexibility index (Phi) is 13.2. The van der Waals surface area contributed by atoms with Gasteiger partial charge < -0.3 is 20.1 Å². The third kappa shape index (κ3) is 11.4. The quantitative estimate of drug-likeness (QED) is 0.324. The Morgan fingerprint density at radius 1 is 0.625 bits per heavy atom. The van der Waals surface area contributed by atoms with Crippen molar-refractivity contribution in [2.75, 3.05) is 26.3 Å². The second-order valence-electron chi connectivity index (χ2n) is 5.07. The monoisotopic (exact) mass is 344 g/mol. The maximum Gasteiger partial charge on any atom is 0.396 e. The van der Waals surface area contributed by atoms with Crippen molar-refractivity contribution in [3.8, 4) is 0 Å². The Hall–Kier alpha value is -2.12. The summed E-state index contributed by atoms with van der Waals surface area (Å²) < 4.78 is 9.14. The van der Waals surface area contributed by atoms with Gasteiger partial charge in [-0.05, 0) is 26.7 Å². The van der Waals surface area contributed by atoms with Gasteiger partial charge in [-0.15, -0.1) is 0 Å². The minimum Gasteiger partial charge on any atom is -0.459 e. The van der Waals surface area contributed by atoms with Crippen LogP contribution in [-0.4, -0.2) is 50.1 Å². The molecule has 0 fully saturated rings. The van der Waals surface area contributed by atoms with Crippen LogP contribution < -0.4 is 10.6 Å². The van der Waals surface area contributed by atoms with E-state index in [1.54, 1.807) is 13.8 Å². The van der Waals surface area contributed by atoms with Crippen molar-refractivity contribution < 1.29 is 28.7 Å². The highest BCUT2D eigenvalue weighted by molar-refractivity contribution is 6.32. The molecule has 0 rings (SSSR count). The van der Waals surface area contributed by atoms with Gasteiger partial charge in [0.2, 0.25) is 0 Å². The Balaban J connectivity index is 3.40. The molecule has 0 aromatic rings. The summed E-state index contributed by atoms with van der Waals surface area (Å²) in [5.74, 6) is -3.09. The van der Waals surface area contributed by atoms with Gasteiger partial charge in [-0.25, -0.2) is 9.59 Å². The van der Waals surface area contributed by atoms with Gasteiger partial charge in [-0.3, -0.25) is 9.59 Å². The average molecular weight is 344 g/mol.